The molecule has 0 radical (unpaired) electrons. The Morgan fingerprint density at radius 2 is 1.92 bits per heavy atom. The third-order valence-corrected chi connectivity index (χ3v) is 5.14. The molecule has 6 nitrogen and oxygen atoms in total. The van der Waals surface area contributed by atoms with E-state index >= 15 is 0 Å². The lowest BCUT2D eigenvalue weighted by Gasteiger charge is -2.46. The SMILES string of the molecule is O=C(c1cccc(-c2cc(=O)[nH]cn2)c1)N1CC(N2CCCCC2)C1. The first-order valence-electron chi connectivity index (χ1n) is 8.89. The topological polar surface area (TPSA) is 69.3 Å². The molecule has 0 spiro atoms. The molecule has 6 heteroatoms. The van der Waals surface area contributed by atoms with Crippen LogP contribution in [0.15, 0.2) is 41.5 Å². The number of hydrogen-bond acceptors (Lipinski definition) is 4. The largest absolute Gasteiger partial charge is 0.335 e. The van der Waals surface area contributed by atoms with Crippen molar-refractivity contribution >= 4 is 5.91 Å². The Bertz CT molecular complexity index is 820. The van der Waals surface area contributed by atoms with Crippen molar-refractivity contribution in [1.29, 1.82) is 0 Å². The number of rotatable bonds is 3. The van der Waals surface area contributed by atoms with Crippen molar-refractivity contribution in [3.05, 3.63) is 52.6 Å². The number of aromatic amines is 1. The van der Waals surface area contributed by atoms with Gasteiger partial charge in [0, 0.05) is 36.3 Å². The van der Waals surface area contributed by atoms with Gasteiger partial charge in [-0.3, -0.25) is 14.5 Å². The minimum atomic E-state index is -0.200. The van der Waals surface area contributed by atoms with Crippen LogP contribution in [0.3, 0.4) is 0 Å². The number of nitrogens with zero attached hydrogens (tertiary/aromatic N) is 3. The zero-order valence-corrected chi connectivity index (χ0v) is 14.1. The van der Waals surface area contributed by atoms with Gasteiger partial charge in [-0.15, -0.1) is 0 Å². The Morgan fingerprint density at radius 1 is 1.12 bits per heavy atom. The Morgan fingerprint density at radius 3 is 2.68 bits per heavy atom. The molecule has 4 rings (SSSR count). The highest BCUT2D eigenvalue weighted by Gasteiger charge is 2.35. The Labute approximate surface area is 146 Å². The molecular weight excluding hydrogens is 316 g/mol. The lowest BCUT2D eigenvalue weighted by Crippen LogP contribution is -2.61. The minimum Gasteiger partial charge on any atom is -0.335 e. The number of H-pyrrole nitrogens is 1. The first-order chi connectivity index (χ1) is 12.2. The zero-order valence-electron chi connectivity index (χ0n) is 14.1. The molecule has 130 valence electrons. The smallest absolute Gasteiger partial charge is 0.253 e. The van der Waals surface area contributed by atoms with Crippen LogP contribution < -0.4 is 5.56 Å². The average molecular weight is 338 g/mol. The van der Waals surface area contributed by atoms with Crippen molar-refractivity contribution in [2.24, 2.45) is 0 Å². The molecule has 0 bridgehead atoms. The molecule has 2 aliphatic heterocycles. The minimum absolute atomic E-state index is 0.0555. The number of carbonyl (C=O) groups excluding carboxylic acids is 1. The van der Waals surface area contributed by atoms with Crippen LogP contribution in [0.5, 0.6) is 0 Å². The number of amides is 1. The van der Waals surface area contributed by atoms with Crippen LogP contribution in [0.2, 0.25) is 0 Å². The summed E-state index contributed by atoms with van der Waals surface area (Å²) < 4.78 is 0. The predicted octanol–water partition coefficient (Wildman–Crippen LogP) is 1.75. The summed E-state index contributed by atoms with van der Waals surface area (Å²) >= 11 is 0. The molecule has 2 fully saturated rings. The maximum Gasteiger partial charge on any atom is 0.253 e. The van der Waals surface area contributed by atoms with Crippen molar-refractivity contribution in [3.8, 4) is 11.3 Å². The molecule has 2 saturated heterocycles. The van der Waals surface area contributed by atoms with E-state index in [-0.39, 0.29) is 11.5 Å². The van der Waals surface area contributed by atoms with Crippen LogP contribution in [0.4, 0.5) is 0 Å². The molecule has 1 aromatic heterocycles. The predicted molar refractivity (Wildman–Crippen MR) is 95.4 cm³/mol. The molecule has 25 heavy (non-hydrogen) atoms. The monoisotopic (exact) mass is 338 g/mol. The molecule has 0 atom stereocenters. The Kier molecular flexibility index (Phi) is 4.36. The van der Waals surface area contributed by atoms with E-state index in [4.69, 9.17) is 0 Å². The van der Waals surface area contributed by atoms with Crippen molar-refractivity contribution < 1.29 is 4.79 Å². The van der Waals surface area contributed by atoms with Gasteiger partial charge in [-0.25, -0.2) is 4.98 Å². The van der Waals surface area contributed by atoms with Crippen LogP contribution in [0.1, 0.15) is 29.6 Å². The Balaban J connectivity index is 1.45. The molecular formula is C19H22N4O2. The van der Waals surface area contributed by atoms with Gasteiger partial charge in [0.25, 0.3) is 11.5 Å². The van der Waals surface area contributed by atoms with Crippen LogP contribution in [0.25, 0.3) is 11.3 Å². The fraction of sp³-hybridized carbons (Fsp3) is 0.421. The molecule has 1 amide bonds. The van der Waals surface area contributed by atoms with Crippen molar-refractivity contribution in [1.82, 2.24) is 19.8 Å². The molecule has 2 aromatic rings. The van der Waals surface area contributed by atoms with E-state index < -0.39 is 0 Å². The number of benzene rings is 1. The van der Waals surface area contributed by atoms with E-state index in [1.807, 2.05) is 29.2 Å². The number of aromatic nitrogens is 2. The summed E-state index contributed by atoms with van der Waals surface area (Å²) in [5.41, 5.74) is 1.81. The van der Waals surface area contributed by atoms with Crippen LogP contribution in [-0.2, 0) is 0 Å². The number of likely N-dealkylation sites (tertiary alicyclic amines) is 2. The number of nitrogens with one attached hydrogen (secondary N) is 1. The van der Waals surface area contributed by atoms with E-state index in [2.05, 4.69) is 14.9 Å². The second kappa shape index (κ2) is 6.80. The molecule has 1 aromatic carbocycles. The van der Waals surface area contributed by atoms with Gasteiger partial charge in [0.2, 0.25) is 0 Å². The van der Waals surface area contributed by atoms with Gasteiger partial charge in [0.1, 0.15) is 0 Å². The summed E-state index contributed by atoms with van der Waals surface area (Å²) in [4.78, 5) is 35.3. The van der Waals surface area contributed by atoms with Gasteiger partial charge >= 0.3 is 0 Å². The third kappa shape index (κ3) is 3.35. The van der Waals surface area contributed by atoms with Gasteiger partial charge in [0.05, 0.1) is 12.0 Å². The summed E-state index contributed by atoms with van der Waals surface area (Å²) in [5.74, 6) is 0.0555. The average Bonchev–Trinajstić information content (AvgIpc) is 2.61. The fourth-order valence-electron chi connectivity index (χ4n) is 3.66. The highest BCUT2D eigenvalue weighted by atomic mass is 16.2. The van der Waals surface area contributed by atoms with Gasteiger partial charge in [-0.2, -0.15) is 0 Å². The van der Waals surface area contributed by atoms with Crippen LogP contribution >= 0.6 is 0 Å². The molecule has 0 saturated carbocycles. The summed E-state index contributed by atoms with van der Waals surface area (Å²) in [6.45, 7) is 3.95. The van der Waals surface area contributed by atoms with E-state index in [9.17, 15) is 9.59 Å². The van der Waals surface area contributed by atoms with Crippen LogP contribution in [-0.4, -0.2) is 57.9 Å². The summed E-state index contributed by atoms with van der Waals surface area (Å²) in [6.07, 6.45) is 5.26. The number of carbonyl (C=O) groups is 1. The number of piperidine rings is 1. The molecule has 3 heterocycles. The third-order valence-electron chi connectivity index (χ3n) is 5.14. The highest BCUT2D eigenvalue weighted by Crippen LogP contribution is 2.23. The second-order valence-corrected chi connectivity index (χ2v) is 6.84. The normalized spacial score (nSPS) is 18.8. The van der Waals surface area contributed by atoms with Crippen molar-refractivity contribution in [2.75, 3.05) is 26.2 Å². The number of hydrogen-bond donors (Lipinski definition) is 1. The first-order valence-corrected chi connectivity index (χ1v) is 8.89. The summed E-state index contributed by atoms with van der Waals surface area (Å²) in [6, 6.07) is 9.31. The van der Waals surface area contributed by atoms with Gasteiger partial charge < -0.3 is 9.88 Å². The second-order valence-electron chi connectivity index (χ2n) is 6.84. The van der Waals surface area contributed by atoms with Crippen LogP contribution in [0, 0.1) is 0 Å². The highest BCUT2D eigenvalue weighted by molar-refractivity contribution is 5.96. The van der Waals surface area contributed by atoms with Gasteiger partial charge in [-0.1, -0.05) is 18.6 Å². The quantitative estimate of drug-likeness (QED) is 0.926. The van der Waals surface area contributed by atoms with E-state index in [0.29, 0.717) is 17.3 Å². The van der Waals surface area contributed by atoms with E-state index in [1.54, 1.807) is 0 Å². The molecule has 2 aliphatic rings. The Hall–Kier alpha value is -2.47. The zero-order chi connectivity index (χ0) is 17.2. The first kappa shape index (κ1) is 16.0. The van der Waals surface area contributed by atoms with Crippen molar-refractivity contribution in [2.45, 2.75) is 25.3 Å². The summed E-state index contributed by atoms with van der Waals surface area (Å²) in [5, 5.41) is 0. The van der Waals surface area contributed by atoms with E-state index in [0.717, 1.165) is 31.7 Å². The fourth-order valence-corrected chi connectivity index (χ4v) is 3.66. The maximum atomic E-state index is 12.7. The molecule has 0 unspecified atom stereocenters. The lowest BCUT2D eigenvalue weighted by atomic mass is 10.0. The molecule has 0 aliphatic carbocycles. The standard InChI is InChI=1S/C19H22N4O2/c24-18-10-17(20-13-21-18)14-5-4-6-15(9-14)19(25)23-11-16(12-23)22-7-2-1-3-8-22/h4-6,9-10,13,16H,1-3,7-8,11-12H2,(H,20,21,24). The van der Waals surface area contributed by atoms with Gasteiger partial charge in [-0.05, 0) is 38.1 Å². The molecule has 1 N–H and O–H groups in total. The lowest BCUT2D eigenvalue weighted by molar-refractivity contribution is 0.0203. The van der Waals surface area contributed by atoms with E-state index in [1.165, 1.54) is 31.7 Å². The van der Waals surface area contributed by atoms with Crippen molar-refractivity contribution in [3.63, 3.8) is 0 Å². The summed E-state index contributed by atoms with van der Waals surface area (Å²) in [7, 11) is 0. The maximum absolute atomic E-state index is 12.7. The van der Waals surface area contributed by atoms with Gasteiger partial charge in [0.15, 0.2) is 0 Å².